The lowest BCUT2D eigenvalue weighted by Crippen LogP contribution is -2.38. The number of nitrogens with one attached hydrogen (secondary N) is 1. The molecule has 0 bridgehead atoms. The number of nitrogens with zero attached hydrogens (tertiary/aromatic N) is 1. The van der Waals surface area contributed by atoms with Crippen molar-refractivity contribution in [2.45, 2.75) is 44.3 Å². The third kappa shape index (κ3) is 3.56. The van der Waals surface area contributed by atoms with Crippen LogP contribution in [0.4, 0.5) is 4.39 Å². The van der Waals surface area contributed by atoms with Gasteiger partial charge < -0.3 is 5.32 Å². The summed E-state index contributed by atoms with van der Waals surface area (Å²) >= 11 is 3.46. The maximum absolute atomic E-state index is 13.1. The highest BCUT2D eigenvalue weighted by molar-refractivity contribution is 9.10. The SMILES string of the molecule is Fc1ccc(CN2CCCC2CNC2CC2)c(Br)c1. The minimum Gasteiger partial charge on any atom is -0.312 e. The van der Waals surface area contributed by atoms with Crippen molar-refractivity contribution in [1.82, 2.24) is 10.2 Å². The number of hydrogen-bond acceptors (Lipinski definition) is 2. The summed E-state index contributed by atoms with van der Waals surface area (Å²) in [6.07, 6.45) is 5.24. The van der Waals surface area contributed by atoms with Gasteiger partial charge in [-0.15, -0.1) is 0 Å². The fourth-order valence-corrected chi connectivity index (χ4v) is 3.27. The van der Waals surface area contributed by atoms with Crippen molar-refractivity contribution < 1.29 is 4.39 Å². The van der Waals surface area contributed by atoms with Crippen molar-refractivity contribution in [2.24, 2.45) is 0 Å². The lowest BCUT2D eigenvalue weighted by atomic mass is 10.1. The molecule has 1 N–H and O–H groups in total. The molecule has 2 fully saturated rings. The van der Waals surface area contributed by atoms with Crippen molar-refractivity contribution in [3.05, 3.63) is 34.1 Å². The normalized spacial score (nSPS) is 24.0. The molecular formula is C15H20BrFN2. The van der Waals surface area contributed by atoms with Crippen LogP contribution in [0.2, 0.25) is 0 Å². The molecule has 1 saturated heterocycles. The first kappa shape index (κ1) is 13.5. The average Bonchev–Trinajstić information content (AvgIpc) is 3.11. The Kier molecular flexibility index (Phi) is 4.20. The second kappa shape index (κ2) is 5.90. The fourth-order valence-electron chi connectivity index (χ4n) is 2.79. The molecule has 1 atom stereocenters. The molecule has 3 rings (SSSR count). The monoisotopic (exact) mass is 326 g/mol. The standard InChI is InChI=1S/C15H20BrFN2/c16-15-8-12(17)4-3-11(15)10-19-7-1-2-14(19)9-18-13-5-6-13/h3-4,8,13-14,18H,1-2,5-7,9-10H2. The Morgan fingerprint density at radius 2 is 2.16 bits per heavy atom. The van der Waals surface area contributed by atoms with E-state index in [0.717, 1.165) is 30.1 Å². The van der Waals surface area contributed by atoms with Gasteiger partial charge in [-0.05, 0) is 49.9 Å². The third-order valence-corrected chi connectivity index (χ3v) is 4.85. The summed E-state index contributed by atoms with van der Waals surface area (Å²) in [5, 5.41) is 3.62. The highest BCUT2D eigenvalue weighted by Gasteiger charge is 2.27. The highest BCUT2D eigenvalue weighted by atomic mass is 79.9. The molecule has 1 aromatic rings. The van der Waals surface area contributed by atoms with Gasteiger partial charge in [0.2, 0.25) is 0 Å². The van der Waals surface area contributed by atoms with Gasteiger partial charge in [0.25, 0.3) is 0 Å². The molecule has 0 radical (unpaired) electrons. The fraction of sp³-hybridized carbons (Fsp3) is 0.600. The number of hydrogen-bond donors (Lipinski definition) is 1. The van der Waals surface area contributed by atoms with Crippen LogP contribution in [0.1, 0.15) is 31.2 Å². The zero-order valence-electron chi connectivity index (χ0n) is 11.0. The Morgan fingerprint density at radius 3 is 2.89 bits per heavy atom. The summed E-state index contributed by atoms with van der Waals surface area (Å²) < 4.78 is 14.0. The van der Waals surface area contributed by atoms with E-state index in [0.29, 0.717) is 6.04 Å². The first-order chi connectivity index (χ1) is 9.22. The quantitative estimate of drug-likeness (QED) is 0.893. The van der Waals surface area contributed by atoms with Gasteiger partial charge >= 0.3 is 0 Å². The zero-order chi connectivity index (χ0) is 13.2. The molecule has 1 unspecified atom stereocenters. The van der Waals surface area contributed by atoms with Gasteiger partial charge in [0.15, 0.2) is 0 Å². The van der Waals surface area contributed by atoms with Crippen LogP contribution in [0.25, 0.3) is 0 Å². The van der Waals surface area contributed by atoms with Crippen LogP contribution in [0.15, 0.2) is 22.7 Å². The Bertz CT molecular complexity index is 448. The Hall–Kier alpha value is -0.450. The van der Waals surface area contributed by atoms with Gasteiger partial charge in [-0.25, -0.2) is 4.39 Å². The molecule has 4 heteroatoms. The lowest BCUT2D eigenvalue weighted by Gasteiger charge is -2.25. The summed E-state index contributed by atoms with van der Waals surface area (Å²) in [6, 6.07) is 6.41. The van der Waals surface area contributed by atoms with E-state index >= 15 is 0 Å². The van der Waals surface area contributed by atoms with Gasteiger partial charge in [-0.1, -0.05) is 22.0 Å². The van der Waals surface area contributed by atoms with E-state index in [1.54, 1.807) is 12.1 Å². The number of benzene rings is 1. The van der Waals surface area contributed by atoms with E-state index in [2.05, 4.69) is 26.1 Å². The van der Waals surface area contributed by atoms with Gasteiger partial charge in [-0.3, -0.25) is 4.90 Å². The predicted molar refractivity (Wildman–Crippen MR) is 78.6 cm³/mol. The van der Waals surface area contributed by atoms with E-state index in [-0.39, 0.29) is 5.82 Å². The molecular weight excluding hydrogens is 307 g/mol. The number of likely N-dealkylation sites (tertiary alicyclic amines) is 1. The topological polar surface area (TPSA) is 15.3 Å². The summed E-state index contributed by atoms with van der Waals surface area (Å²) in [7, 11) is 0. The van der Waals surface area contributed by atoms with Gasteiger partial charge in [0, 0.05) is 29.6 Å². The van der Waals surface area contributed by atoms with Crippen molar-refractivity contribution in [3.63, 3.8) is 0 Å². The van der Waals surface area contributed by atoms with Crippen molar-refractivity contribution in [3.8, 4) is 0 Å². The maximum atomic E-state index is 13.1. The molecule has 0 spiro atoms. The zero-order valence-corrected chi connectivity index (χ0v) is 12.6. The third-order valence-electron chi connectivity index (χ3n) is 4.11. The molecule has 104 valence electrons. The minimum atomic E-state index is -0.177. The van der Waals surface area contributed by atoms with E-state index in [4.69, 9.17) is 0 Å². The van der Waals surface area contributed by atoms with Crippen molar-refractivity contribution in [2.75, 3.05) is 13.1 Å². The van der Waals surface area contributed by atoms with Crippen molar-refractivity contribution >= 4 is 15.9 Å². The predicted octanol–water partition coefficient (Wildman–Crippen LogP) is 3.30. The largest absolute Gasteiger partial charge is 0.312 e. The molecule has 1 aliphatic carbocycles. The van der Waals surface area contributed by atoms with Crippen LogP contribution < -0.4 is 5.32 Å². The summed E-state index contributed by atoms with van der Waals surface area (Å²) in [4.78, 5) is 2.52. The van der Waals surface area contributed by atoms with E-state index in [1.165, 1.54) is 31.2 Å². The maximum Gasteiger partial charge on any atom is 0.124 e. The first-order valence-corrected chi connectivity index (χ1v) is 7.93. The van der Waals surface area contributed by atoms with Crippen LogP contribution in [0, 0.1) is 5.82 Å². The van der Waals surface area contributed by atoms with Crippen LogP contribution >= 0.6 is 15.9 Å². The number of rotatable bonds is 5. The minimum absolute atomic E-state index is 0.177. The Morgan fingerprint density at radius 1 is 1.32 bits per heavy atom. The smallest absolute Gasteiger partial charge is 0.124 e. The molecule has 19 heavy (non-hydrogen) atoms. The van der Waals surface area contributed by atoms with Crippen LogP contribution in [0.3, 0.4) is 0 Å². The Labute approximate surface area is 122 Å². The molecule has 2 nitrogen and oxygen atoms in total. The van der Waals surface area contributed by atoms with Crippen LogP contribution in [-0.2, 0) is 6.54 Å². The van der Waals surface area contributed by atoms with Crippen LogP contribution in [-0.4, -0.2) is 30.1 Å². The molecule has 2 aliphatic rings. The molecule has 0 aromatic heterocycles. The van der Waals surface area contributed by atoms with Gasteiger partial charge in [0.1, 0.15) is 5.82 Å². The number of halogens is 2. The summed E-state index contributed by atoms with van der Waals surface area (Å²) in [5.74, 6) is -0.177. The second-order valence-corrected chi connectivity index (χ2v) is 6.54. The molecule has 1 saturated carbocycles. The van der Waals surface area contributed by atoms with E-state index in [9.17, 15) is 4.39 Å². The molecule has 1 heterocycles. The van der Waals surface area contributed by atoms with Crippen molar-refractivity contribution in [1.29, 1.82) is 0 Å². The molecule has 1 aliphatic heterocycles. The summed E-state index contributed by atoms with van der Waals surface area (Å²) in [6.45, 7) is 3.17. The van der Waals surface area contributed by atoms with Crippen LogP contribution in [0.5, 0.6) is 0 Å². The van der Waals surface area contributed by atoms with Gasteiger partial charge in [0.05, 0.1) is 0 Å². The summed E-state index contributed by atoms with van der Waals surface area (Å²) in [5.41, 5.74) is 1.18. The Balaban J connectivity index is 1.60. The first-order valence-electron chi connectivity index (χ1n) is 7.14. The highest BCUT2D eigenvalue weighted by Crippen LogP contribution is 2.25. The molecule has 1 aromatic carbocycles. The van der Waals surface area contributed by atoms with E-state index in [1.807, 2.05) is 6.07 Å². The molecule has 0 amide bonds. The van der Waals surface area contributed by atoms with Gasteiger partial charge in [-0.2, -0.15) is 0 Å². The lowest BCUT2D eigenvalue weighted by molar-refractivity contribution is 0.238. The second-order valence-electron chi connectivity index (χ2n) is 5.68. The average molecular weight is 327 g/mol. The van der Waals surface area contributed by atoms with E-state index < -0.39 is 0 Å².